The van der Waals surface area contributed by atoms with Gasteiger partial charge in [0.1, 0.15) is 15.7 Å². The van der Waals surface area contributed by atoms with Crippen LogP contribution in [0, 0.1) is 0 Å². The second-order valence-corrected chi connectivity index (χ2v) is 2.99. The van der Waals surface area contributed by atoms with Crippen LogP contribution >= 0.6 is 0 Å². The van der Waals surface area contributed by atoms with Crippen LogP contribution in [0.3, 0.4) is 0 Å². The SMILES string of the molecule is BCC(=C)/N=C\C(B)=C(\C)CC. The van der Waals surface area contributed by atoms with E-state index in [1.54, 1.807) is 0 Å². The van der Waals surface area contributed by atoms with Gasteiger partial charge in [-0.3, -0.25) is 4.99 Å². The Bertz CT molecular complexity index is 217. The summed E-state index contributed by atoms with van der Waals surface area (Å²) in [4.78, 5) is 4.23. The second kappa shape index (κ2) is 5.87. The summed E-state index contributed by atoms with van der Waals surface area (Å²) in [5.74, 6) is 0. The quantitative estimate of drug-likeness (QED) is 0.429. The maximum atomic E-state index is 4.23. The van der Waals surface area contributed by atoms with Gasteiger partial charge < -0.3 is 0 Å². The third-order valence-electron chi connectivity index (χ3n) is 2.05. The van der Waals surface area contributed by atoms with Crippen LogP contribution in [0.5, 0.6) is 0 Å². The smallest absolute Gasteiger partial charge is 0.141 e. The van der Waals surface area contributed by atoms with Crippen molar-refractivity contribution in [2.24, 2.45) is 4.99 Å². The molecular weight excluding hydrogens is 144 g/mol. The molecule has 0 unspecified atom stereocenters. The van der Waals surface area contributed by atoms with Gasteiger partial charge in [0, 0.05) is 11.9 Å². The molecule has 0 aliphatic rings. The van der Waals surface area contributed by atoms with Crippen molar-refractivity contribution in [1.82, 2.24) is 0 Å². The fourth-order valence-electron chi connectivity index (χ4n) is 0.668. The lowest BCUT2D eigenvalue weighted by Gasteiger charge is -1.99. The van der Waals surface area contributed by atoms with Crippen LogP contribution in [0.4, 0.5) is 0 Å². The number of allylic oxidation sites excluding steroid dienone is 3. The van der Waals surface area contributed by atoms with Crippen LogP contribution in [-0.4, -0.2) is 21.9 Å². The lowest BCUT2D eigenvalue weighted by molar-refractivity contribution is 1.10. The molecule has 3 heteroatoms. The molecule has 0 fully saturated rings. The topological polar surface area (TPSA) is 12.4 Å². The van der Waals surface area contributed by atoms with Gasteiger partial charge in [0.15, 0.2) is 0 Å². The highest BCUT2D eigenvalue weighted by Gasteiger charge is 1.90. The fraction of sp³-hybridized carbons (Fsp3) is 0.444. The molecule has 0 aromatic carbocycles. The summed E-state index contributed by atoms with van der Waals surface area (Å²) in [5.41, 5.74) is 3.59. The summed E-state index contributed by atoms with van der Waals surface area (Å²) < 4.78 is 0. The Morgan fingerprint density at radius 1 is 1.58 bits per heavy atom. The van der Waals surface area contributed by atoms with E-state index < -0.39 is 0 Å². The average Bonchev–Trinajstić information content (AvgIpc) is 2.11. The number of aliphatic imine (C=N–C) groups is 1. The molecule has 0 spiro atoms. The Hall–Kier alpha value is -0.720. The molecule has 0 atom stereocenters. The molecule has 0 N–H and O–H groups in total. The van der Waals surface area contributed by atoms with Crippen LogP contribution in [-0.2, 0) is 0 Å². The van der Waals surface area contributed by atoms with Gasteiger partial charge in [-0.1, -0.05) is 24.5 Å². The molecule has 0 aliphatic heterocycles. The van der Waals surface area contributed by atoms with Gasteiger partial charge >= 0.3 is 0 Å². The normalized spacial score (nSPS) is 13.2. The Morgan fingerprint density at radius 3 is 2.58 bits per heavy atom. The highest BCUT2D eigenvalue weighted by Crippen LogP contribution is 2.03. The van der Waals surface area contributed by atoms with Crippen molar-refractivity contribution in [3.05, 3.63) is 23.3 Å². The van der Waals surface area contributed by atoms with Crippen LogP contribution < -0.4 is 0 Å². The number of nitrogens with zero attached hydrogens (tertiary/aromatic N) is 1. The van der Waals surface area contributed by atoms with E-state index in [4.69, 9.17) is 0 Å². The van der Waals surface area contributed by atoms with E-state index in [1.807, 2.05) is 6.21 Å². The van der Waals surface area contributed by atoms with E-state index in [-0.39, 0.29) is 0 Å². The fourth-order valence-corrected chi connectivity index (χ4v) is 0.668. The molecule has 0 aliphatic carbocycles. The van der Waals surface area contributed by atoms with Gasteiger partial charge in [0.05, 0.1) is 0 Å². The van der Waals surface area contributed by atoms with E-state index in [2.05, 4.69) is 41.1 Å². The molecule has 0 saturated heterocycles. The summed E-state index contributed by atoms with van der Waals surface area (Å²) >= 11 is 0. The molecule has 0 amide bonds. The van der Waals surface area contributed by atoms with Crippen molar-refractivity contribution in [3.63, 3.8) is 0 Å². The Balaban J connectivity index is 4.25. The largest absolute Gasteiger partial charge is 0.263 e. The first-order valence-corrected chi connectivity index (χ1v) is 4.50. The third kappa shape index (κ3) is 4.22. The average molecular weight is 161 g/mol. The maximum Gasteiger partial charge on any atom is 0.141 e. The number of hydrogen-bond donors (Lipinski definition) is 0. The van der Waals surface area contributed by atoms with E-state index in [1.165, 1.54) is 11.0 Å². The van der Waals surface area contributed by atoms with Gasteiger partial charge in [-0.2, -0.15) is 0 Å². The highest BCUT2D eigenvalue weighted by atomic mass is 14.7. The van der Waals surface area contributed by atoms with Gasteiger partial charge in [-0.15, -0.1) is 0 Å². The summed E-state index contributed by atoms with van der Waals surface area (Å²) in [7, 11) is 4.15. The maximum absolute atomic E-state index is 4.23. The van der Waals surface area contributed by atoms with E-state index in [0.29, 0.717) is 0 Å². The number of hydrogen-bond acceptors (Lipinski definition) is 1. The van der Waals surface area contributed by atoms with Crippen molar-refractivity contribution in [1.29, 1.82) is 0 Å². The molecule has 1 nitrogen and oxygen atoms in total. The highest BCUT2D eigenvalue weighted by molar-refractivity contribution is 6.33. The van der Waals surface area contributed by atoms with E-state index >= 15 is 0 Å². The molecule has 0 radical (unpaired) electrons. The summed E-state index contributed by atoms with van der Waals surface area (Å²) in [6.07, 6.45) is 3.93. The molecule has 64 valence electrons. The molecule has 0 saturated carbocycles. The lowest BCUT2D eigenvalue weighted by Crippen LogP contribution is -1.89. The van der Waals surface area contributed by atoms with Gasteiger partial charge in [-0.05, 0) is 19.7 Å². The molecule has 0 heterocycles. The van der Waals surface area contributed by atoms with Crippen molar-refractivity contribution >= 4 is 21.9 Å². The molecule has 0 aromatic heterocycles. The lowest BCUT2D eigenvalue weighted by atomic mass is 9.90. The van der Waals surface area contributed by atoms with Gasteiger partial charge in [0.25, 0.3) is 0 Å². The zero-order valence-corrected chi connectivity index (χ0v) is 8.65. The van der Waals surface area contributed by atoms with E-state index in [9.17, 15) is 0 Å². The van der Waals surface area contributed by atoms with Crippen LogP contribution in [0.25, 0.3) is 0 Å². The van der Waals surface area contributed by atoms with Gasteiger partial charge in [-0.25, -0.2) is 0 Å². The number of rotatable bonds is 4. The first-order valence-electron chi connectivity index (χ1n) is 4.50. The Labute approximate surface area is 77.5 Å². The Kier molecular flexibility index (Phi) is 5.52. The minimum atomic E-state index is 0.926. The van der Waals surface area contributed by atoms with Crippen molar-refractivity contribution in [2.45, 2.75) is 26.6 Å². The van der Waals surface area contributed by atoms with Crippen LogP contribution in [0.15, 0.2) is 28.3 Å². The molecular formula is C9H17B2N. The monoisotopic (exact) mass is 161 g/mol. The van der Waals surface area contributed by atoms with Crippen molar-refractivity contribution in [3.8, 4) is 0 Å². The molecule has 12 heavy (non-hydrogen) atoms. The minimum absolute atomic E-state index is 0.926. The van der Waals surface area contributed by atoms with Crippen LogP contribution in [0.1, 0.15) is 20.3 Å². The zero-order chi connectivity index (χ0) is 9.56. The predicted molar refractivity (Wildman–Crippen MR) is 62.5 cm³/mol. The molecule has 0 rings (SSSR count). The predicted octanol–water partition coefficient (Wildman–Crippen LogP) is 0.939. The molecule has 0 bridgehead atoms. The first-order chi connectivity index (χ1) is 5.61. The zero-order valence-electron chi connectivity index (χ0n) is 8.65. The summed E-state index contributed by atoms with van der Waals surface area (Å²) in [6.45, 7) is 8.10. The van der Waals surface area contributed by atoms with E-state index in [0.717, 1.165) is 18.4 Å². The third-order valence-corrected chi connectivity index (χ3v) is 2.05. The van der Waals surface area contributed by atoms with Crippen molar-refractivity contribution in [2.75, 3.05) is 0 Å². The first kappa shape index (κ1) is 11.3. The Morgan fingerprint density at radius 2 is 2.17 bits per heavy atom. The van der Waals surface area contributed by atoms with Crippen molar-refractivity contribution < 1.29 is 0 Å². The second-order valence-electron chi connectivity index (χ2n) is 2.99. The summed E-state index contributed by atoms with van der Waals surface area (Å²) in [6, 6.07) is 0. The van der Waals surface area contributed by atoms with Crippen LogP contribution in [0.2, 0.25) is 6.32 Å². The minimum Gasteiger partial charge on any atom is -0.263 e. The molecule has 0 aromatic rings. The summed E-state index contributed by atoms with van der Waals surface area (Å²) in [5, 5.41) is 0. The van der Waals surface area contributed by atoms with Gasteiger partial charge in [0.2, 0.25) is 0 Å². The standard InChI is InChI=1S/C9H17B2N/c1-4-7(2)9(11)6-12-8(3)5-10/h6H,3-5,10-11H2,1-2H3/b9-7+,12-6-.